The predicted octanol–water partition coefficient (Wildman–Crippen LogP) is 4.09. The number of hydrogen-bond donors (Lipinski definition) is 2. The summed E-state index contributed by atoms with van der Waals surface area (Å²) in [6.45, 7) is 1.15. The minimum atomic E-state index is -0.868. The van der Waals surface area contributed by atoms with Crippen molar-refractivity contribution >= 4 is 16.8 Å². The van der Waals surface area contributed by atoms with Gasteiger partial charge in [-0.3, -0.25) is 10.0 Å². The van der Waals surface area contributed by atoms with E-state index in [1.54, 1.807) is 17.6 Å². The molecule has 166 valence electrons. The van der Waals surface area contributed by atoms with Crippen LogP contribution in [0, 0.1) is 11.3 Å². The van der Waals surface area contributed by atoms with E-state index >= 15 is 0 Å². The summed E-state index contributed by atoms with van der Waals surface area (Å²) in [7, 11) is 0. The van der Waals surface area contributed by atoms with Crippen molar-refractivity contribution in [2.75, 3.05) is 6.61 Å². The molecule has 7 heteroatoms. The predicted molar refractivity (Wildman–Crippen MR) is 123 cm³/mol. The van der Waals surface area contributed by atoms with E-state index in [1.807, 2.05) is 72.9 Å². The standard InChI is InChI=1S/C26H23N3O4/c27-18-20-8-11-24-21(16-20)12-13-29(24)14-15-32-22-9-6-19(7-10-22)17-25(26(30)28-31)33-23-4-2-1-3-5-23/h1-13,16,25,31H,14-15,17H2,(H,28,30). The second-order valence-corrected chi connectivity index (χ2v) is 7.49. The molecule has 0 aliphatic rings. The third-order valence-corrected chi connectivity index (χ3v) is 5.27. The van der Waals surface area contributed by atoms with Crippen molar-refractivity contribution in [3.05, 3.63) is 96.2 Å². The molecule has 1 atom stereocenters. The van der Waals surface area contributed by atoms with Crippen molar-refractivity contribution < 1.29 is 19.5 Å². The first-order valence-electron chi connectivity index (χ1n) is 10.5. The fourth-order valence-electron chi connectivity index (χ4n) is 3.59. The summed E-state index contributed by atoms with van der Waals surface area (Å²) in [6, 6.07) is 26.2. The lowest BCUT2D eigenvalue weighted by Crippen LogP contribution is -2.38. The number of nitriles is 1. The van der Waals surface area contributed by atoms with E-state index in [-0.39, 0.29) is 0 Å². The van der Waals surface area contributed by atoms with Gasteiger partial charge in [-0.25, -0.2) is 5.48 Å². The first-order valence-corrected chi connectivity index (χ1v) is 10.5. The van der Waals surface area contributed by atoms with Gasteiger partial charge in [0.05, 0.1) is 18.2 Å². The van der Waals surface area contributed by atoms with E-state index in [1.165, 1.54) is 0 Å². The second kappa shape index (κ2) is 10.4. The number of ether oxygens (including phenoxy) is 2. The molecule has 0 aliphatic carbocycles. The average Bonchev–Trinajstić information content (AvgIpc) is 3.27. The zero-order chi connectivity index (χ0) is 23.0. The molecule has 1 aromatic heterocycles. The Morgan fingerprint density at radius 2 is 1.82 bits per heavy atom. The van der Waals surface area contributed by atoms with E-state index in [2.05, 4.69) is 10.6 Å². The minimum absolute atomic E-state index is 0.293. The van der Waals surface area contributed by atoms with Crippen LogP contribution in [0.25, 0.3) is 10.9 Å². The quantitative estimate of drug-likeness (QED) is 0.301. The van der Waals surface area contributed by atoms with E-state index in [9.17, 15) is 4.79 Å². The zero-order valence-electron chi connectivity index (χ0n) is 17.8. The molecule has 3 aromatic carbocycles. The summed E-state index contributed by atoms with van der Waals surface area (Å²) in [6.07, 6.45) is 1.41. The fraction of sp³-hybridized carbons (Fsp3) is 0.154. The Bertz CT molecular complexity index is 1260. The van der Waals surface area contributed by atoms with Crippen LogP contribution in [0.2, 0.25) is 0 Å². The molecule has 2 N–H and O–H groups in total. The van der Waals surface area contributed by atoms with Crippen LogP contribution in [-0.2, 0) is 17.8 Å². The first kappa shape index (κ1) is 21.9. The molecule has 4 rings (SSSR count). The minimum Gasteiger partial charge on any atom is -0.492 e. The van der Waals surface area contributed by atoms with Crippen molar-refractivity contribution in [3.8, 4) is 17.6 Å². The highest BCUT2D eigenvalue weighted by Crippen LogP contribution is 2.19. The highest BCUT2D eigenvalue weighted by molar-refractivity contribution is 5.81. The van der Waals surface area contributed by atoms with E-state index < -0.39 is 12.0 Å². The van der Waals surface area contributed by atoms with Gasteiger partial charge in [-0.2, -0.15) is 5.26 Å². The first-order chi connectivity index (χ1) is 16.2. The van der Waals surface area contributed by atoms with E-state index in [0.717, 1.165) is 16.5 Å². The van der Waals surface area contributed by atoms with Crippen molar-refractivity contribution in [2.24, 2.45) is 0 Å². The number of hydroxylamine groups is 1. The lowest BCUT2D eigenvalue weighted by Gasteiger charge is -2.17. The van der Waals surface area contributed by atoms with Crippen molar-refractivity contribution in [1.29, 1.82) is 5.26 Å². The van der Waals surface area contributed by atoms with Crippen LogP contribution in [0.4, 0.5) is 0 Å². The Hall–Kier alpha value is -4.28. The number of fused-ring (bicyclic) bond motifs is 1. The van der Waals surface area contributed by atoms with Crippen LogP contribution < -0.4 is 15.0 Å². The molecule has 33 heavy (non-hydrogen) atoms. The second-order valence-electron chi connectivity index (χ2n) is 7.49. The lowest BCUT2D eigenvalue weighted by molar-refractivity contribution is -0.136. The Morgan fingerprint density at radius 1 is 1.03 bits per heavy atom. The topological polar surface area (TPSA) is 96.5 Å². The van der Waals surface area contributed by atoms with Crippen LogP contribution >= 0.6 is 0 Å². The number of para-hydroxylation sites is 1. The molecule has 1 heterocycles. The third kappa shape index (κ3) is 5.50. The summed E-state index contributed by atoms with van der Waals surface area (Å²) in [5.41, 5.74) is 4.24. The fourth-order valence-corrected chi connectivity index (χ4v) is 3.59. The summed E-state index contributed by atoms with van der Waals surface area (Å²) in [5, 5.41) is 19.1. The summed E-state index contributed by atoms with van der Waals surface area (Å²) < 4.78 is 13.7. The van der Waals surface area contributed by atoms with Gasteiger partial charge < -0.3 is 14.0 Å². The molecule has 7 nitrogen and oxygen atoms in total. The Kier molecular flexibility index (Phi) is 6.88. The number of nitrogens with one attached hydrogen (secondary N) is 1. The van der Waals surface area contributed by atoms with Gasteiger partial charge in [0.25, 0.3) is 5.91 Å². The maximum Gasteiger partial charge on any atom is 0.284 e. The molecule has 0 fully saturated rings. The number of amides is 1. The van der Waals surface area contributed by atoms with Gasteiger partial charge in [0.1, 0.15) is 18.1 Å². The van der Waals surface area contributed by atoms with Gasteiger partial charge >= 0.3 is 0 Å². The summed E-state index contributed by atoms with van der Waals surface area (Å²) in [5.74, 6) is 0.654. The van der Waals surface area contributed by atoms with Gasteiger partial charge in [0.2, 0.25) is 0 Å². The van der Waals surface area contributed by atoms with E-state index in [4.69, 9.17) is 19.9 Å². The molecule has 0 saturated heterocycles. The highest BCUT2D eigenvalue weighted by atomic mass is 16.5. The molecule has 0 spiro atoms. The largest absolute Gasteiger partial charge is 0.492 e. The lowest BCUT2D eigenvalue weighted by atomic mass is 10.1. The average molecular weight is 441 g/mol. The SMILES string of the molecule is N#Cc1ccc2c(ccn2CCOc2ccc(CC(Oc3ccccc3)C(=O)NO)cc2)c1. The number of carbonyl (C=O) groups excluding carboxylic acids is 1. The number of nitrogens with zero attached hydrogens (tertiary/aromatic N) is 2. The normalized spacial score (nSPS) is 11.5. The Balaban J connectivity index is 1.34. The third-order valence-electron chi connectivity index (χ3n) is 5.27. The van der Waals surface area contributed by atoms with Gasteiger partial charge in [-0.1, -0.05) is 30.3 Å². The molecule has 0 bridgehead atoms. The summed E-state index contributed by atoms with van der Waals surface area (Å²) in [4.78, 5) is 12.0. The zero-order valence-corrected chi connectivity index (χ0v) is 17.8. The Labute approximate surface area is 191 Å². The van der Waals surface area contributed by atoms with Gasteiger partial charge in [-0.05, 0) is 54.1 Å². The molecule has 0 aliphatic heterocycles. The smallest absolute Gasteiger partial charge is 0.284 e. The van der Waals surface area contributed by atoms with Crippen LogP contribution in [0.5, 0.6) is 11.5 Å². The molecule has 1 amide bonds. The van der Waals surface area contributed by atoms with Gasteiger partial charge in [0.15, 0.2) is 6.10 Å². The van der Waals surface area contributed by atoms with Gasteiger partial charge in [-0.15, -0.1) is 0 Å². The monoisotopic (exact) mass is 441 g/mol. The Morgan fingerprint density at radius 3 is 2.55 bits per heavy atom. The molecular weight excluding hydrogens is 418 g/mol. The van der Waals surface area contributed by atoms with Crippen LogP contribution in [-0.4, -0.2) is 28.4 Å². The molecule has 1 unspecified atom stereocenters. The number of benzene rings is 3. The summed E-state index contributed by atoms with van der Waals surface area (Å²) >= 11 is 0. The molecule has 0 saturated carbocycles. The molecular formula is C26H23N3O4. The number of rotatable bonds is 9. The highest BCUT2D eigenvalue weighted by Gasteiger charge is 2.20. The molecule has 4 aromatic rings. The van der Waals surface area contributed by atoms with Crippen molar-refractivity contribution in [3.63, 3.8) is 0 Å². The van der Waals surface area contributed by atoms with Crippen LogP contribution in [0.15, 0.2) is 85.1 Å². The molecule has 0 radical (unpaired) electrons. The van der Waals surface area contributed by atoms with Gasteiger partial charge in [0, 0.05) is 23.5 Å². The van der Waals surface area contributed by atoms with Crippen molar-refractivity contribution in [2.45, 2.75) is 19.1 Å². The number of aromatic nitrogens is 1. The number of hydrogen-bond acceptors (Lipinski definition) is 5. The maximum atomic E-state index is 12.0. The van der Waals surface area contributed by atoms with Crippen LogP contribution in [0.1, 0.15) is 11.1 Å². The van der Waals surface area contributed by atoms with Crippen molar-refractivity contribution in [1.82, 2.24) is 10.0 Å². The van der Waals surface area contributed by atoms with E-state index in [0.29, 0.717) is 36.6 Å². The number of carbonyl (C=O) groups is 1. The van der Waals surface area contributed by atoms with Crippen LogP contribution in [0.3, 0.4) is 0 Å². The maximum absolute atomic E-state index is 12.0.